The number of hydrogen-bond acceptors (Lipinski definition) is 3. The summed E-state index contributed by atoms with van der Waals surface area (Å²) in [5, 5.41) is 20.4. The van der Waals surface area contributed by atoms with Crippen molar-refractivity contribution in [3.8, 4) is 0 Å². The summed E-state index contributed by atoms with van der Waals surface area (Å²) in [7, 11) is -1.49. The molecule has 0 atom stereocenters. The molecule has 1 aliphatic rings. The Kier molecular flexibility index (Phi) is 1.83. The first-order valence-corrected chi connectivity index (χ1v) is 5.08. The number of hydrogen-bond donors (Lipinski definition) is 3. The fourth-order valence-corrected chi connectivity index (χ4v) is 2.28. The number of nitrogens with two attached hydrogens (primary N) is 1. The van der Waals surface area contributed by atoms with Crippen LogP contribution in [-0.2, 0) is 0 Å². The van der Waals surface area contributed by atoms with Gasteiger partial charge in [-0.25, -0.2) is 0 Å². The van der Waals surface area contributed by atoms with Crippen LogP contribution in [0.2, 0.25) is 0 Å². The second-order valence-corrected chi connectivity index (χ2v) is 3.95. The largest absolute Gasteiger partial charge is 0.489 e. The predicted octanol–water partition coefficient (Wildman–Crippen LogP) is 0.586. The van der Waals surface area contributed by atoms with E-state index < -0.39 is 7.12 Å². The Morgan fingerprint density at radius 2 is 1.50 bits per heavy atom. The van der Waals surface area contributed by atoms with Crippen molar-refractivity contribution < 1.29 is 10.0 Å². The van der Waals surface area contributed by atoms with E-state index in [9.17, 15) is 10.0 Å². The Balaban J connectivity index is 2.51. The lowest BCUT2D eigenvalue weighted by Crippen LogP contribution is -2.31. The first-order chi connectivity index (χ1) is 7.68. The summed E-state index contributed by atoms with van der Waals surface area (Å²) in [6.45, 7) is 0. The Hall–Kier alpha value is -1.78. The van der Waals surface area contributed by atoms with E-state index >= 15 is 0 Å². The van der Waals surface area contributed by atoms with E-state index in [0.29, 0.717) is 11.2 Å². The monoisotopic (exact) mass is 211 g/mol. The Morgan fingerprint density at radius 1 is 0.875 bits per heavy atom. The highest BCUT2D eigenvalue weighted by molar-refractivity contribution is 6.62. The minimum atomic E-state index is -1.49. The van der Waals surface area contributed by atoms with Gasteiger partial charge in [-0.3, -0.25) is 0 Å². The molecule has 0 radical (unpaired) electrons. The van der Waals surface area contributed by atoms with Crippen LogP contribution < -0.4 is 11.2 Å². The van der Waals surface area contributed by atoms with Gasteiger partial charge in [0.25, 0.3) is 0 Å². The van der Waals surface area contributed by atoms with Crippen LogP contribution in [0.5, 0.6) is 0 Å². The van der Waals surface area contributed by atoms with E-state index in [-0.39, 0.29) is 0 Å². The van der Waals surface area contributed by atoms with Gasteiger partial charge in [0, 0.05) is 11.1 Å². The van der Waals surface area contributed by atoms with E-state index in [0.717, 1.165) is 21.9 Å². The van der Waals surface area contributed by atoms with Crippen molar-refractivity contribution in [3.05, 3.63) is 35.4 Å². The maximum absolute atomic E-state index is 9.33. The Morgan fingerprint density at radius 3 is 2.12 bits per heavy atom. The maximum atomic E-state index is 9.33. The highest BCUT2D eigenvalue weighted by Gasteiger charge is 2.20. The molecular formula is C12H10BNO2. The third kappa shape index (κ3) is 1.11. The number of rotatable bonds is 1. The molecule has 1 aliphatic carbocycles. The van der Waals surface area contributed by atoms with Crippen LogP contribution in [0, 0.1) is 0 Å². The summed E-state index contributed by atoms with van der Waals surface area (Å²) in [4.78, 5) is 0. The molecule has 0 bridgehead atoms. The van der Waals surface area contributed by atoms with Gasteiger partial charge in [-0.05, 0) is 28.0 Å². The molecule has 0 amide bonds. The van der Waals surface area contributed by atoms with Crippen LogP contribution in [0.4, 0.5) is 5.69 Å². The summed E-state index contributed by atoms with van der Waals surface area (Å²) in [6, 6.07) is 7.32. The summed E-state index contributed by atoms with van der Waals surface area (Å²) < 4.78 is 0. The topological polar surface area (TPSA) is 66.5 Å². The van der Waals surface area contributed by atoms with E-state index in [1.165, 1.54) is 0 Å². The zero-order chi connectivity index (χ0) is 11.3. The summed E-state index contributed by atoms with van der Waals surface area (Å²) in [5.74, 6) is 0. The lowest BCUT2D eigenvalue weighted by atomic mass is 9.76. The van der Waals surface area contributed by atoms with Gasteiger partial charge in [0.1, 0.15) is 0 Å². The molecule has 0 aliphatic heterocycles. The standard InChI is InChI=1S/C12H10BNO2/c14-10-6-4-8-2-1-7-3-5-9(13(15)16)12(10)11(7)8/h1-6,15-16H,14H2. The lowest BCUT2D eigenvalue weighted by Gasteiger charge is -2.10. The maximum Gasteiger partial charge on any atom is 0.489 e. The van der Waals surface area contributed by atoms with Crippen molar-refractivity contribution >= 4 is 41.2 Å². The average Bonchev–Trinajstić information content (AvgIpc) is 2.67. The number of nitrogen functional groups attached to an aromatic ring is 1. The molecule has 0 unspecified atom stereocenters. The van der Waals surface area contributed by atoms with E-state index in [1.807, 2.05) is 24.3 Å². The van der Waals surface area contributed by atoms with Crippen molar-refractivity contribution in [1.29, 1.82) is 0 Å². The molecule has 4 N–H and O–H groups in total. The van der Waals surface area contributed by atoms with Crippen LogP contribution in [0.25, 0.3) is 22.9 Å². The third-order valence-corrected chi connectivity index (χ3v) is 3.01. The van der Waals surface area contributed by atoms with Crippen LogP contribution in [-0.4, -0.2) is 17.2 Å². The van der Waals surface area contributed by atoms with Crippen LogP contribution in [0.15, 0.2) is 24.3 Å². The normalized spacial score (nSPS) is 12.4. The van der Waals surface area contributed by atoms with Gasteiger partial charge in [-0.1, -0.05) is 30.4 Å². The van der Waals surface area contributed by atoms with Gasteiger partial charge >= 0.3 is 7.12 Å². The van der Waals surface area contributed by atoms with Crippen molar-refractivity contribution in [2.24, 2.45) is 0 Å². The molecule has 4 heteroatoms. The molecule has 0 fully saturated rings. The van der Waals surface area contributed by atoms with Gasteiger partial charge in [0.2, 0.25) is 0 Å². The highest BCUT2D eigenvalue weighted by atomic mass is 16.4. The average molecular weight is 211 g/mol. The fraction of sp³-hybridized carbons (Fsp3) is 0. The smallest absolute Gasteiger partial charge is 0.423 e. The van der Waals surface area contributed by atoms with E-state index in [2.05, 4.69) is 0 Å². The summed E-state index contributed by atoms with van der Waals surface area (Å²) in [5.41, 5.74) is 9.09. The highest BCUT2D eigenvalue weighted by Crippen LogP contribution is 2.33. The zero-order valence-corrected chi connectivity index (χ0v) is 8.51. The Bertz CT molecular complexity index is 608. The van der Waals surface area contributed by atoms with E-state index in [1.54, 1.807) is 12.1 Å². The first-order valence-electron chi connectivity index (χ1n) is 5.08. The fourth-order valence-electron chi connectivity index (χ4n) is 2.28. The Labute approximate surface area is 93.0 Å². The second kappa shape index (κ2) is 3.11. The molecule has 0 saturated heterocycles. The molecule has 3 rings (SSSR count). The van der Waals surface area contributed by atoms with Crippen molar-refractivity contribution in [3.63, 3.8) is 0 Å². The molecule has 0 spiro atoms. The van der Waals surface area contributed by atoms with Gasteiger partial charge in [0.05, 0.1) is 0 Å². The van der Waals surface area contributed by atoms with Gasteiger partial charge in [-0.15, -0.1) is 0 Å². The molecule has 16 heavy (non-hydrogen) atoms. The summed E-state index contributed by atoms with van der Waals surface area (Å²) in [6.07, 6.45) is 4.01. The predicted molar refractivity (Wildman–Crippen MR) is 67.1 cm³/mol. The van der Waals surface area contributed by atoms with Gasteiger partial charge in [0.15, 0.2) is 0 Å². The van der Waals surface area contributed by atoms with E-state index in [4.69, 9.17) is 5.73 Å². The molecule has 2 aromatic rings. The van der Waals surface area contributed by atoms with Gasteiger partial charge in [-0.2, -0.15) is 0 Å². The van der Waals surface area contributed by atoms with Crippen molar-refractivity contribution in [2.45, 2.75) is 0 Å². The molecule has 3 nitrogen and oxygen atoms in total. The van der Waals surface area contributed by atoms with Gasteiger partial charge < -0.3 is 15.8 Å². The lowest BCUT2D eigenvalue weighted by molar-refractivity contribution is 0.426. The number of benzene rings is 2. The van der Waals surface area contributed by atoms with Crippen LogP contribution in [0.1, 0.15) is 11.1 Å². The number of anilines is 1. The minimum absolute atomic E-state index is 0.460. The quantitative estimate of drug-likeness (QED) is 0.407. The second-order valence-electron chi connectivity index (χ2n) is 3.95. The molecule has 78 valence electrons. The van der Waals surface area contributed by atoms with Crippen LogP contribution in [0.3, 0.4) is 0 Å². The molecular weight excluding hydrogens is 201 g/mol. The zero-order valence-electron chi connectivity index (χ0n) is 8.51. The molecule has 0 heterocycles. The van der Waals surface area contributed by atoms with Crippen molar-refractivity contribution in [2.75, 3.05) is 5.73 Å². The summed E-state index contributed by atoms with van der Waals surface area (Å²) >= 11 is 0. The molecule has 0 saturated carbocycles. The minimum Gasteiger partial charge on any atom is -0.423 e. The first kappa shape index (κ1) is 9.45. The SMILES string of the molecule is Nc1ccc2c3c(ccc(B(O)O)c13)C=C2. The third-order valence-electron chi connectivity index (χ3n) is 3.01. The van der Waals surface area contributed by atoms with Crippen molar-refractivity contribution in [1.82, 2.24) is 0 Å². The molecule has 0 aromatic heterocycles. The molecule has 2 aromatic carbocycles. The van der Waals surface area contributed by atoms with Crippen LogP contribution >= 0.6 is 0 Å².